The number of amides is 1. The molecule has 0 radical (unpaired) electrons. The fraction of sp³-hybridized carbons (Fsp3) is 0.615. The first kappa shape index (κ1) is 17.2. The van der Waals surface area contributed by atoms with E-state index in [1.165, 1.54) is 0 Å². The number of ether oxygens (including phenoxy) is 2. The summed E-state index contributed by atoms with van der Waals surface area (Å²) in [6, 6.07) is 0. The molecule has 0 aromatic heterocycles. The number of hydrogen-bond donors (Lipinski definition) is 0. The predicted molar refractivity (Wildman–Crippen MR) is 72.9 cm³/mol. The van der Waals surface area contributed by atoms with E-state index in [0.29, 0.717) is 0 Å². The van der Waals surface area contributed by atoms with Gasteiger partial charge in [0.2, 0.25) is 0 Å². The first-order chi connectivity index (χ1) is 8.80. The highest BCUT2D eigenvalue weighted by Gasteiger charge is 2.21. The van der Waals surface area contributed by atoms with E-state index >= 15 is 0 Å². The molecule has 0 atom stereocenters. The first-order valence-electron chi connectivity index (χ1n) is 6.12. The molecule has 0 spiro atoms. The van der Waals surface area contributed by atoms with Crippen molar-refractivity contribution in [3.8, 4) is 0 Å². The molecule has 0 aliphatic rings. The van der Waals surface area contributed by atoms with Crippen LogP contribution in [0.25, 0.3) is 0 Å². The van der Waals surface area contributed by atoms with Gasteiger partial charge in [-0.15, -0.1) is 0 Å². The van der Waals surface area contributed by atoms with Crippen LogP contribution in [-0.2, 0) is 14.3 Å². The molecule has 108 valence electrons. The van der Waals surface area contributed by atoms with Gasteiger partial charge >= 0.3 is 12.1 Å². The minimum absolute atomic E-state index is 0.224. The van der Waals surface area contributed by atoms with Gasteiger partial charge in [-0.3, -0.25) is 0 Å². The molecule has 0 N–H and O–H groups in total. The second-order valence-electron chi connectivity index (χ2n) is 4.63. The predicted octanol–water partition coefficient (Wildman–Crippen LogP) is 2.35. The van der Waals surface area contributed by atoms with Crippen molar-refractivity contribution in [3.05, 3.63) is 12.2 Å². The van der Waals surface area contributed by atoms with Crippen LogP contribution < -0.4 is 0 Å². The van der Waals surface area contributed by atoms with Gasteiger partial charge in [-0.05, 0) is 34.6 Å². The summed E-state index contributed by atoms with van der Waals surface area (Å²) in [5, 5.41) is 4.83. The van der Waals surface area contributed by atoms with Gasteiger partial charge in [-0.1, -0.05) is 12.2 Å². The minimum atomic E-state index is -0.620. The molecule has 0 rings (SSSR count). The average molecular weight is 270 g/mol. The Morgan fingerprint density at radius 2 is 1.95 bits per heavy atom. The van der Waals surface area contributed by atoms with Gasteiger partial charge in [-0.2, -0.15) is 10.1 Å². The quantitative estimate of drug-likeness (QED) is 0.333. The Labute approximate surface area is 114 Å². The van der Waals surface area contributed by atoms with Crippen molar-refractivity contribution >= 4 is 18.3 Å². The molecule has 0 bridgehead atoms. The average Bonchev–Trinajstić information content (AvgIpc) is 2.27. The van der Waals surface area contributed by atoms with Crippen molar-refractivity contribution < 1.29 is 19.1 Å². The highest BCUT2D eigenvalue weighted by atomic mass is 16.6. The molecule has 0 aromatic rings. The van der Waals surface area contributed by atoms with Crippen LogP contribution in [0.15, 0.2) is 17.3 Å². The third kappa shape index (κ3) is 8.82. The fourth-order valence-corrected chi connectivity index (χ4v) is 0.985. The monoisotopic (exact) mass is 270 g/mol. The van der Waals surface area contributed by atoms with E-state index in [0.717, 1.165) is 11.2 Å². The van der Waals surface area contributed by atoms with Crippen LogP contribution in [0.1, 0.15) is 34.6 Å². The Morgan fingerprint density at radius 3 is 2.42 bits per heavy atom. The summed E-state index contributed by atoms with van der Waals surface area (Å²) in [5.41, 5.74) is -0.620. The van der Waals surface area contributed by atoms with Crippen LogP contribution in [0.4, 0.5) is 4.79 Å². The van der Waals surface area contributed by atoms with Crippen LogP contribution in [-0.4, -0.2) is 42.0 Å². The molecule has 19 heavy (non-hydrogen) atoms. The molecule has 0 heterocycles. The molecule has 1 amide bonds. The summed E-state index contributed by atoms with van der Waals surface area (Å²) < 4.78 is 9.87. The fourth-order valence-electron chi connectivity index (χ4n) is 0.985. The van der Waals surface area contributed by atoms with Gasteiger partial charge < -0.3 is 9.47 Å². The Morgan fingerprint density at radius 1 is 1.32 bits per heavy atom. The van der Waals surface area contributed by atoms with E-state index in [-0.39, 0.29) is 13.2 Å². The third-order valence-corrected chi connectivity index (χ3v) is 1.71. The third-order valence-electron chi connectivity index (χ3n) is 1.71. The Balaban J connectivity index is 4.71. The molecule has 0 aromatic carbocycles. The number of hydrogen-bond acceptors (Lipinski definition) is 5. The summed E-state index contributed by atoms with van der Waals surface area (Å²) in [6.45, 7) is 9.27. The lowest BCUT2D eigenvalue weighted by Crippen LogP contribution is -2.34. The molecule has 0 saturated heterocycles. The van der Waals surface area contributed by atoms with Gasteiger partial charge in [0.05, 0.1) is 13.2 Å². The molecular weight excluding hydrogens is 248 g/mol. The normalized spacial score (nSPS) is 11.8. The molecule has 6 heteroatoms. The van der Waals surface area contributed by atoms with E-state index in [9.17, 15) is 9.59 Å². The van der Waals surface area contributed by atoms with Gasteiger partial charge in [-0.25, -0.2) is 9.59 Å². The topological polar surface area (TPSA) is 68.2 Å². The molecule has 0 fully saturated rings. The number of carbonyl (C=O) groups is 2. The molecule has 0 unspecified atom stereocenters. The molecule has 0 saturated carbocycles. The van der Waals surface area contributed by atoms with Crippen molar-refractivity contribution in [2.45, 2.75) is 40.2 Å². The van der Waals surface area contributed by atoms with Crippen LogP contribution in [0, 0.1) is 0 Å². The lowest BCUT2D eigenvalue weighted by molar-refractivity contribution is -0.134. The van der Waals surface area contributed by atoms with Gasteiger partial charge in [0, 0.05) is 0 Å². The zero-order valence-electron chi connectivity index (χ0n) is 12.2. The Kier molecular flexibility index (Phi) is 7.48. The van der Waals surface area contributed by atoms with Crippen LogP contribution >= 0.6 is 0 Å². The number of hydrazone groups is 1. The second-order valence-corrected chi connectivity index (χ2v) is 4.63. The lowest BCUT2D eigenvalue weighted by atomic mass is 10.2. The summed E-state index contributed by atoms with van der Waals surface area (Å²) in [4.78, 5) is 23.0. The van der Waals surface area contributed by atoms with Crippen LogP contribution in [0.2, 0.25) is 0 Å². The van der Waals surface area contributed by atoms with Crippen molar-refractivity contribution in [2.24, 2.45) is 5.10 Å². The standard InChI is InChI=1S/C13H22N2O4/c1-6-8-9-15(12(17)19-13(3,4)5)14-10-11(16)18-7-2/h6,8,10H,7,9H2,1-5H3/b8-6+,14-10+. The Bertz CT molecular complexity index is 356. The van der Waals surface area contributed by atoms with Crippen molar-refractivity contribution in [1.29, 1.82) is 0 Å². The molecule has 6 nitrogen and oxygen atoms in total. The van der Waals surface area contributed by atoms with E-state index in [4.69, 9.17) is 9.47 Å². The van der Waals surface area contributed by atoms with Crippen molar-refractivity contribution in [3.63, 3.8) is 0 Å². The van der Waals surface area contributed by atoms with Crippen LogP contribution in [0.3, 0.4) is 0 Å². The van der Waals surface area contributed by atoms with E-state index in [2.05, 4.69) is 5.10 Å². The molecular formula is C13H22N2O4. The summed E-state index contributed by atoms with van der Waals surface area (Å²) in [6.07, 6.45) is 3.84. The highest BCUT2D eigenvalue weighted by molar-refractivity contribution is 6.23. The molecule has 0 aliphatic heterocycles. The highest BCUT2D eigenvalue weighted by Crippen LogP contribution is 2.10. The maximum Gasteiger partial charge on any atom is 0.431 e. The van der Waals surface area contributed by atoms with E-state index in [1.54, 1.807) is 39.8 Å². The summed E-state index contributed by atoms with van der Waals surface area (Å²) >= 11 is 0. The smallest absolute Gasteiger partial charge is 0.431 e. The van der Waals surface area contributed by atoms with E-state index < -0.39 is 17.7 Å². The number of rotatable bonds is 5. The maximum atomic E-state index is 11.8. The van der Waals surface area contributed by atoms with Gasteiger partial charge in [0.25, 0.3) is 0 Å². The first-order valence-corrected chi connectivity index (χ1v) is 6.12. The number of carbonyl (C=O) groups excluding carboxylic acids is 2. The summed E-state index contributed by atoms with van der Waals surface area (Å²) in [7, 11) is 0. The van der Waals surface area contributed by atoms with E-state index in [1.807, 2.05) is 6.92 Å². The number of esters is 1. The van der Waals surface area contributed by atoms with Gasteiger partial charge in [0.1, 0.15) is 11.8 Å². The molecule has 0 aliphatic carbocycles. The largest absolute Gasteiger partial charge is 0.462 e. The maximum absolute atomic E-state index is 11.8. The second kappa shape index (κ2) is 8.29. The Hall–Kier alpha value is -1.85. The zero-order valence-corrected chi connectivity index (χ0v) is 12.2. The van der Waals surface area contributed by atoms with Crippen molar-refractivity contribution in [2.75, 3.05) is 13.2 Å². The SMILES string of the molecule is C/C=C/CN(/N=C/C(=O)OCC)C(=O)OC(C)(C)C. The number of allylic oxidation sites excluding steroid dienone is 1. The minimum Gasteiger partial charge on any atom is -0.462 e. The lowest BCUT2D eigenvalue weighted by Gasteiger charge is -2.23. The zero-order chi connectivity index (χ0) is 14.9. The van der Waals surface area contributed by atoms with Crippen molar-refractivity contribution in [1.82, 2.24) is 5.01 Å². The van der Waals surface area contributed by atoms with Gasteiger partial charge in [0.15, 0.2) is 0 Å². The summed E-state index contributed by atoms with van der Waals surface area (Å²) in [5.74, 6) is -0.600. The number of nitrogens with zero attached hydrogens (tertiary/aromatic N) is 2. The van der Waals surface area contributed by atoms with Crippen LogP contribution in [0.5, 0.6) is 0 Å².